The molecule has 2 aliphatic rings. The molecule has 0 amide bonds. The first-order valence-corrected chi connectivity index (χ1v) is 15.4. The summed E-state index contributed by atoms with van der Waals surface area (Å²) in [6.45, 7) is 8.00. The van der Waals surface area contributed by atoms with Crippen LogP contribution in [0.4, 0.5) is 12.9 Å². The third-order valence-corrected chi connectivity index (χ3v) is 5.80. The van der Waals surface area contributed by atoms with Gasteiger partial charge in [-0.2, -0.15) is 0 Å². The molecule has 0 saturated heterocycles. The Hall–Kier alpha value is -3.60. The second-order valence-electron chi connectivity index (χ2n) is 9.05. The Bertz CT molecular complexity index is 1190. The number of phenolic OH excluding ortho intramolecular Hbond substituents is 2. The van der Waals surface area contributed by atoms with Gasteiger partial charge in [0.05, 0.1) is 0 Å². The van der Waals surface area contributed by atoms with E-state index in [2.05, 4.69) is 24.3 Å². The van der Waals surface area contributed by atoms with Crippen molar-refractivity contribution in [2.75, 3.05) is 0 Å². The van der Waals surface area contributed by atoms with Crippen LogP contribution in [-0.2, 0) is 33.9 Å². The number of carbonyl (C=O) groups is 3. The van der Waals surface area contributed by atoms with E-state index in [1.54, 1.807) is 30.3 Å². The molecule has 0 heterocycles. The number of carbonyl (C=O) groups excluding carboxylic acids is 3. The van der Waals surface area contributed by atoms with Gasteiger partial charge in [0.1, 0.15) is 25.4 Å². The number of hydrogen-bond donors (Lipinski definition) is 4. The second kappa shape index (κ2) is 41.6. The summed E-state index contributed by atoms with van der Waals surface area (Å²) in [5, 5.41) is 34.4. The van der Waals surface area contributed by atoms with E-state index in [0.717, 1.165) is 38.5 Å². The molecule has 281 valence electrons. The van der Waals surface area contributed by atoms with Crippen LogP contribution >= 0.6 is 0 Å². The summed E-state index contributed by atoms with van der Waals surface area (Å²) in [7, 11) is -5.01. The molecule has 3 aromatic rings. The zero-order valence-electron chi connectivity index (χ0n) is 30.4. The van der Waals surface area contributed by atoms with E-state index in [0.29, 0.717) is 17.2 Å². The van der Waals surface area contributed by atoms with Crippen LogP contribution in [0.2, 0.25) is 0 Å². The molecule has 0 spiro atoms. The first kappa shape index (κ1) is 55.8. The van der Waals surface area contributed by atoms with Gasteiger partial charge in [0, 0.05) is 19.3 Å². The minimum Gasteiger partial charge on any atom is -1.00 e. The van der Waals surface area contributed by atoms with Crippen LogP contribution in [-0.4, -0.2) is 53.3 Å². The fourth-order valence-corrected chi connectivity index (χ4v) is 3.80. The van der Waals surface area contributed by atoms with Gasteiger partial charge in [-0.05, 0) is 73.0 Å². The largest absolute Gasteiger partial charge is 2.00 e. The predicted octanol–water partition coefficient (Wildman–Crippen LogP) is 4.87. The van der Waals surface area contributed by atoms with E-state index in [9.17, 15) is 22.5 Å². The van der Waals surface area contributed by atoms with Crippen molar-refractivity contribution in [3.05, 3.63) is 110 Å². The molecule has 0 aliphatic heterocycles. The number of benzene rings is 3. The Balaban J connectivity index is -0.000000121. The molecule has 4 N–H and O–H groups in total. The summed E-state index contributed by atoms with van der Waals surface area (Å²) >= 11 is 0. The standard InChI is InChI=1S/C12H14O.C6H7BO2.C6H6O2.C6H8O.2C2H6.CH2O.CH3.BF3.FH.Rh/c13-12-8-4-7-11(9-12)10-5-2-1-3-6-10;8-7(9)6-4-2-1-3-5-6;7-5-1-2-6(8)4-3-5;7-6-4-2-1-3-5-6;3*1-2;;2-1(3)4;;/h1-3,5-6,11H,4,7-9H2;1-5,8-9H;1-4,7-8H;2,4H,1,3,5H2;2*1-2H3;1H2;1H3;;1H;/q;;;;;;;-1;;;+2/p-1/i;;;;;;1D;;;;. The number of hydrogen-bond acceptors (Lipinski definition) is 7. The summed E-state index contributed by atoms with van der Waals surface area (Å²) in [5.74, 6) is 1.54. The van der Waals surface area contributed by atoms with Gasteiger partial charge in [-0.1, -0.05) is 94.4 Å². The molecule has 2 aliphatic carbocycles. The fourth-order valence-electron chi connectivity index (χ4n) is 3.80. The van der Waals surface area contributed by atoms with Crippen molar-refractivity contribution in [3.8, 4) is 11.5 Å². The van der Waals surface area contributed by atoms with Crippen molar-refractivity contribution in [3.63, 3.8) is 0 Å². The molecule has 0 aromatic heterocycles. The zero-order chi connectivity index (χ0) is 37.2. The molecule has 5 rings (SSSR count). The molecule has 1 radical (unpaired) electrons. The predicted molar refractivity (Wildman–Crippen MR) is 192 cm³/mol. The van der Waals surface area contributed by atoms with Crippen molar-refractivity contribution < 1.29 is 73.1 Å². The van der Waals surface area contributed by atoms with Crippen LogP contribution in [0.15, 0.2) is 97.1 Å². The Kier molecular flexibility index (Phi) is 46.4. The van der Waals surface area contributed by atoms with E-state index >= 15 is 0 Å². The van der Waals surface area contributed by atoms with E-state index < -0.39 is 14.7 Å². The van der Waals surface area contributed by atoms with Crippen molar-refractivity contribution in [2.24, 2.45) is 0 Å². The van der Waals surface area contributed by atoms with Crippen LogP contribution in [0.1, 0.15) is 85.5 Å². The maximum absolute atomic E-state index is 11.2. The number of phenols is 2. The number of halogens is 4. The van der Waals surface area contributed by atoms with Gasteiger partial charge in [-0.3, -0.25) is 22.5 Å². The molecule has 14 heteroatoms. The van der Waals surface area contributed by atoms with E-state index in [-0.39, 0.29) is 55.7 Å². The molecule has 0 bridgehead atoms. The van der Waals surface area contributed by atoms with Crippen molar-refractivity contribution in [1.82, 2.24) is 0 Å². The number of allylic oxidation sites excluding steroid dienone is 2. The molecular formula is C36H52B2F4O7Rh. The quantitative estimate of drug-likeness (QED) is 0.126. The topological polar surface area (TPSA) is 132 Å². The van der Waals surface area contributed by atoms with Crippen LogP contribution in [0.3, 0.4) is 0 Å². The van der Waals surface area contributed by atoms with Crippen LogP contribution in [0.5, 0.6) is 11.5 Å². The fraction of sp³-hybridized carbons (Fsp3) is 0.333. The first-order valence-electron chi connectivity index (χ1n) is 16.0. The minimum atomic E-state index is -3.67. The van der Waals surface area contributed by atoms with Gasteiger partial charge >= 0.3 is 34.1 Å². The maximum atomic E-state index is 11.2. The monoisotopic (exact) mass is 798 g/mol. The number of Topliss-reactive ketones (excluding diaryl/α,β-unsaturated/α-hetero) is 1. The summed E-state index contributed by atoms with van der Waals surface area (Å²) in [6, 6.07) is 24.7. The Morgan fingerprint density at radius 1 is 0.780 bits per heavy atom. The van der Waals surface area contributed by atoms with E-state index in [4.69, 9.17) is 26.4 Å². The maximum Gasteiger partial charge on any atom is 2.00 e. The second-order valence-corrected chi connectivity index (χ2v) is 9.05. The average molecular weight is 798 g/mol. The van der Waals surface area contributed by atoms with Crippen LogP contribution < -0.4 is 10.2 Å². The number of ketones is 2. The van der Waals surface area contributed by atoms with Crippen molar-refractivity contribution >= 4 is 38.5 Å². The van der Waals surface area contributed by atoms with Crippen LogP contribution in [0, 0.1) is 7.43 Å². The van der Waals surface area contributed by atoms with E-state index in [1.165, 1.54) is 36.2 Å². The van der Waals surface area contributed by atoms with Crippen molar-refractivity contribution in [1.29, 1.82) is 0 Å². The van der Waals surface area contributed by atoms with E-state index in [1.807, 2.05) is 45.9 Å². The van der Waals surface area contributed by atoms with Gasteiger partial charge in [0.25, 0.3) is 0 Å². The molecule has 1 atom stereocenters. The van der Waals surface area contributed by atoms with Gasteiger partial charge in [-0.15, -0.1) is 0 Å². The van der Waals surface area contributed by atoms with Gasteiger partial charge in [-0.25, -0.2) is 0 Å². The first-order chi connectivity index (χ1) is 23.0. The van der Waals surface area contributed by atoms with Gasteiger partial charge < -0.3 is 37.2 Å². The van der Waals surface area contributed by atoms with Gasteiger partial charge in [0.15, 0.2) is 5.78 Å². The summed E-state index contributed by atoms with van der Waals surface area (Å²) < 4.78 is 34.5. The third kappa shape index (κ3) is 35.7. The SMILES string of the molecule is CC.CC.FB(F)F.O=C1C=CCCC1.O=C1CCCC(c2ccccc2)C1.OB(O)c1ccccc1.Oc1ccc(O)cc1.[2H]C=O.[CH3-].[F-].[Rh+2]. The van der Waals surface area contributed by atoms with Gasteiger partial charge in [0.2, 0.25) is 0 Å². The average Bonchev–Trinajstić information content (AvgIpc) is 3.10. The third-order valence-electron chi connectivity index (χ3n) is 5.80. The minimum absolute atomic E-state index is 0. The van der Waals surface area contributed by atoms with Crippen molar-refractivity contribution in [2.45, 2.75) is 78.6 Å². The molecule has 50 heavy (non-hydrogen) atoms. The summed E-state index contributed by atoms with van der Waals surface area (Å²) in [6.07, 6.45) is 10.3. The Morgan fingerprint density at radius 3 is 1.50 bits per heavy atom. The Morgan fingerprint density at radius 2 is 1.20 bits per heavy atom. The summed E-state index contributed by atoms with van der Waals surface area (Å²) in [5.41, 5.74) is 1.85. The smallest absolute Gasteiger partial charge is 1.00 e. The zero-order valence-corrected chi connectivity index (χ0v) is 31.0. The molecule has 3 aromatic carbocycles. The molecule has 1 fully saturated rings. The normalized spacial score (nSPS) is 13.0. The molecular weight excluding hydrogens is 745 g/mol. The summed E-state index contributed by atoms with van der Waals surface area (Å²) in [4.78, 5) is 30.1. The van der Waals surface area contributed by atoms with Crippen LogP contribution in [0.25, 0.3) is 0 Å². The molecule has 1 saturated carbocycles. The Labute approximate surface area is 310 Å². The number of rotatable bonds is 2. The molecule has 1 unspecified atom stereocenters. The molecule has 7 nitrogen and oxygen atoms in total. The number of aromatic hydroxyl groups is 2.